The summed E-state index contributed by atoms with van der Waals surface area (Å²) in [7, 11) is 4.06. The summed E-state index contributed by atoms with van der Waals surface area (Å²) in [6, 6.07) is -0.131. The van der Waals surface area contributed by atoms with Crippen LogP contribution in [0.15, 0.2) is 6.20 Å². The summed E-state index contributed by atoms with van der Waals surface area (Å²) < 4.78 is 7.36. The van der Waals surface area contributed by atoms with E-state index in [4.69, 9.17) is 22.1 Å². The SMILES string of the molecule is CCCOCCC(N)c1c(Cl)cnn1CCN(C)C. The lowest BCUT2D eigenvalue weighted by Crippen LogP contribution is -2.23. The second-order valence-corrected chi connectivity index (χ2v) is 5.32. The Bertz CT molecular complexity index is 368. The monoisotopic (exact) mass is 288 g/mol. The Morgan fingerprint density at radius 3 is 2.84 bits per heavy atom. The van der Waals surface area contributed by atoms with Crippen molar-refractivity contribution in [2.75, 3.05) is 33.9 Å². The van der Waals surface area contributed by atoms with Crippen LogP contribution in [-0.4, -0.2) is 48.5 Å². The predicted molar refractivity (Wildman–Crippen MR) is 78.4 cm³/mol. The maximum atomic E-state index is 6.19. The molecular formula is C13H25ClN4O. The van der Waals surface area contributed by atoms with E-state index in [1.165, 1.54) is 0 Å². The second-order valence-electron chi connectivity index (χ2n) is 4.91. The van der Waals surface area contributed by atoms with Crippen LogP contribution in [0.5, 0.6) is 0 Å². The summed E-state index contributed by atoms with van der Waals surface area (Å²) in [4.78, 5) is 2.11. The van der Waals surface area contributed by atoms with Gasteiger partial charge in [-0.1, -0.05) is 18.5 Å². The smallest absolute Gasteiger partial charge is 0.0834 e. The highest BCUT2D eigenvalue weighted by Gasteiger charge is 2.16. The Morgan fingerprint density at radius 2 is 2.21 bits per heavy atom. The molecule has 1 heterocycles. The topological polar surface area (TPSA) is 56.3 Å². The van der Waals surface area contributed by atoms with E-state index in [1.54, 1.807) is 6.20 Å². The van der Waals surface area contributed by atoms with Crippen LogP contribution in [0, 0.1) is 0 Å². The van der Waals surface area contributed by atoms with Crippen LogP contribution in [0.3, 0.4) is 0 Å². The lowest BCUT2D eigenvalue weighted by molar-refractivity contribution is 0.127. The largest absolute Gasteiger partial charge is 0.381 e. The number of hydrogen-bond donors (Lipinski definition) is 1. The van der Waals surface area contributed by atoms with Gasteiger partial charge in [-0.25, -0.2) is 0 Å². The third-order valence-corrected chi connectivity index (χ3v) is 3.16. The van der Waals surface area contributed by atoms with Crippen molar-refractivity contribution in [1.82, 2.24) is 14.7 Å². The van der Waals surface area contributed by atoms with E-state index < -0.39 is 0 Å². The fourth-order valence-electron chi connectivity index (χ4n) is 1.81. The normalized spacial score (nSPS) is 13.2. The number of halogens is 1. The highest BCUT2D eigenvalue weighted by molar-refractivity contribution is 6.31. The van der Waals surface area contributed by atoms with Crippen molar-refractivity contribution in [2.24, 2.45) is 5.73 Å². The Morgan fingerprint density at radius 1 is 1.47 bits per heavy atom. The first-order chi connectivity index (χ1) is 9.06. The van der Waals surface area contributed by atoms with Gasteiger partial charge >= 0.3 is 0 Å². The number of aromatic nitrogens is 2. The van der Waals surface area contributed by atoms with Crippen molar-refractivity contribution in [3.63, 3.8) is 0 Å². The van der Waals surface area contributed by atoms with Gasteiger partial charge in [-0.05, 0) is 26.9 Å². The fraction of sp³-hybridized carbons (Fsp3) is 0.769. The average molecular weight is 289 g/mol. The third-order valence-electron chi connectivity index (χ3n) is 2.87. The molecule has 6 heteroatoms. The number of likely N-dealkylation sites (N-methyl/N-ethyl adjacent to an activating group) is 1. The molecule has 0 aliphatic rings. The molecule has 0 saturated carbocycles. The maximum absolute atomic E-state index is 6.19. The van der Waals surface area contributed by atoms with Gasteiger partial charge < -0.3 is 15.4 Å². The highest BCUT2D eigenvalue weighted by Crippen LogP contribution is 2.23. The molecule has 2 N–H and O–H groups in total. The van der Waals surface area contributed by atoms with Crippen LogP contribution in [0.2, 0.25) is 5.02 Å². The van der Waals surface area contributed by atoms with Crippen LogP contribution >= 0.6 is 11.6 Å². The van der Waals surface area contributed by atoms with Crippen molar-refractivity contribution < 1.29 is 4.74 Å². The van der Waals surface area contributed by atoms with Crippen LogP contribution in [-0.2, 0) is 11.3 Å². The zero-order valence-electron chi connectivity index (χ0n) is 12.1. The number of nitrogens with two attached hydrogens (primary N) is 1. The predicted octanol–water partition coefficient (Wildman–Crippen LogP) is 1.91. The fourth-order valence-corrected chi connectivity index (χ4v) is 2.09. The standard InChI is InChI=1S/C13H25ClN4O/c1-4-8-19-9-5-12(15)13-11(14)10-16-18(13)7-6-17(2)3/h10,12H,4-9,15H2,1-3H3. The molecule has 0 aromatic carbocycles. The van der Waals surface area contributed by atoms with E-state index in [9.17, 15) is 0 Å². The summed E-state index contributed by atoms with van der Waals surface area (Å²) in [5.74, 6) is 0. The minimum Gasteiger partial charge on any atom is -0.381 e. The lowest BCUT2D eigenvalue weighted by atomic mass is 10.1. The molecule has 0 spiro atoms. The number of ether oxygens (including phenoxy) is 1. The lowest BCUT2D eigenvalue weighted by Gasteiger charge is -2.16. The molecule has 0 amide bonds. The van der Waals surface area contributed by atoms with Gasteiger partial charge in [0, 0.05) is 19.8 Å². The molecule has 0 aliphatic carbocycles. The van der Waals surface area contributed by atoms with E-state index in [-0.39, 0.29) is 6.04 Å². The van der Waals surface area contributed by atoms with E-state index in [0.29, 0.717) is 11.6 Å². The number of nitrogens with zero attached hydrogens (tertiary/aromatic N) is 3. The van der Waals surface area contributed by atoms with Crippen molar-refractivity contribution in [3.05, 3.63) is 16.9 Å². The van der Waals surface area contributed by atoms with Gasteiger partial charge in [0.1, 0.15) is 0 Å². The summed E-state index contributed by atoms with van der Waals surface area (Å²) in [5, 5.41) is 4.93. The molecule has 0 aliphatic heterocycles. The van der Waals surface area contributed by atoms with E-state index >= 15 is 0 Å². The molecule has 5 nitrogen and oxygen atoms in total. The Kier molecular flexibility index (Phi) is 7.38. The maximum Gasteiger partial charge on any atom is 0.0834 e. The molecule has 1 aromatic rings. The Hall–Kier alpha value is -0.620. The third kappa shape index (κ3) is 5.48. The first-order valence-electron chi connectivity index (χ1n) is 6.75. The minimum atomic E-state index is -0.131. The van der Waals surface area contributed by atoms with Crippen molar-refractivity contribution in [1.29, 1.82) is 0 Å². The van der Waals surface area contributed by atoms with E-state index in [0.717, 1.165) is 38.2 Å². The van der Waals surface area contributed by atoms with Crippen LogP contribution in [0.4, 0.5) is 0 Å². The average Bonchev–Trinajstić information content (AvgIpc) is 2.73. The van der Waals surface area contributed by atoms with Crippen molar-refractivity contribution >= 4 is 11.6 Å². The molecule has 0 radical (unpaired) electrons. The van der Waals surface area contributed by atoms with Gasteiger partial charge in [-0.3, -0.25) is 4.68 Å². The summed E-state index contributed by atoms with van der Waals surface area (Å²) >= 11 is 6.18. The zero-order chi connectivity index (χ0) is 14.3. The second kappa shape index (κ2) is 8.53. The molecule has 1 rings (SSSR count). The van der Waals surface area contributed by atoms with E-state index in [2.05, 4.69) is 16.9 Å². The van der Waals surface area contributed by atoms with Gasteiger partial charge in [-0.2, -0.15) is 5.10 Å². The van der Waals surface area contributed by atoms with Crippen LogP contribution in [0.1, 0.15) is 31.5 Å². The van der Waals surface area contributed by atoms with Gasteiger partial charge in [0.05, 0.1) is 29.5 Å². The van der Waals surface area contributed by atoms with Crippen molar-refractivity contribution in [2.45, 2.75) is 32.4 Å². The van der Waals surface area contributed by atoms with Gasteiger partial charge in [0.2, 0.25) is 0 Å². The molecule has 1 unspecified atom stereocenters. The summed E-state index contributed by atoms with van der Waals surface area (Å²) in [6.45, 7) is 5.22. The van der Waals surface area contributed by atoms with Gasteiger partial charge in [-0.15, -0.1) is 0 Å². The van der Waals surface area contributed by atoms with Crippen LogP contribution < -0.4 is 5.73 Å². The first-order valence-corrected chi connectivity index (χ1v) is 7.13. The Labute approximate surface area is 120 Å². The quantitative estimate of drug-likeness (QED) is 0.705. The highest BCUT2D eigenvalue weighted by atomic mass is 35.5. The minimum absolute atomic E-state index is 0.131. The molecule has 19 heavy (non-hydrogen) atoms. The number of rotatable bonds is 9. The molecular weight excluding hydrogens is 264 g/mol. The van der Waals surface area contributed by atoms with Gasteiger partial charge in [0.15, 0.2) is 0 Å². The summed E-state index contributed by atoms with van der Waals surface area (Å²) in [6.07, 6.45) is 3.45. The molecule has 110 valence electrons. The molecule has 1 atom stereocenters. The molecule has 0 bridgehead atoms. The number of hydrogen-bond acceptors (Lipinski definition) is 4. The Balaban J connectivity index is 2.56. The van der Waals surface area contributed by atoms with Gasteiger partial charge in [0.25, 0.3) is 0 Å². The van der Waals surface area contributed by atoms with E-state index in [1.807, 2.05) is 18.8 Å². The van der Waals surface area contributed by atoms with Crippen LogP contribution in [0.25, 0.3) is 0 Å². The van der Waals surface area contributed by atoms with Crippen molar-refractivity contribution in [3.8, 4) is 0 Å². The molecule has 1 aromatic heterocycles. The zero-order valence-corrected chi connectivity index (χ0v) is 12.9. The molecule has 0 saturated heterocycles. The first kappa shape index (κ1) is 16.4. The molecule has 0 fully saturated rings. The summed E-state index contributed by atoms with van der Waals surface area (Å²) in [5.41, 5.74) is 7.10.